The maximum absolute atomic E-state index is 13.1. The van der Waals surface area contributed by atoms with Gasteiger partial charge in [-0.3, -0.25) is 14.6 Å². The van der Waals surface area contributed by atoms with Crippen LogP contribution >= 0.6 is 0 Å². The summed E-state index contributed by atoms with van der Waals surface area (Å²) in [7, 11) is 0. The summed E-state index contributed by atoms with van der Waals surface area (Å²) in [5.74, 6) is 0.736. The van der Waals surface area contributed by atoms with Crippen molar-refractivity contribution in [2.24, 2.45) is 5.92 Å². The quantitative estimate of drug-likeness (QED) is 0.823. The zero-order chi connectivity index (χ0) is 18.4. The predicted molar refractivity (Wildman–Crippen MR) is 99.8 cm³/mol. The number of likely N-dealkylation sites (tertiary alicyclic amines) is 1. The van der Waals surface area contributed by atoms with Gasteiger partial charge in [0.25, 0.3) is 5.56 Å². The highest BCUT2D eigenvalue weighted by Gasteiger charge is 2.40. The van der Waals surface area contributed by atoms with Crippen LogP contribution in [0.25, 0.3) is 0 Å². The molecule has 2 aromatic heterocycles. The van der Waals surface area contributed by atoms with Crippen molar-refractivity contribution < 1.29 is 4.79 Å². The maximum atomic E-state index is 13.1. The summed E-state index contributed by atoms with van der Waals surface area (Å²) in [4.78, 5) is 31.6. The highest BCUT2D eigenvalue weighted by Crippen LogP contribution is 2.35. The molecular formula is C20H23N5O2. The van der Waals surface area contributed by atoms with Crippen molar-refractivity contribution in [2.75, 3.05) is 13.1 Å². The van der Waals surface area contributed by atoms with Crippen LogP contribution < -0.4 is 16.4 Å². The van der Waals surface area contributed by atoms with Crippen molar-refractivity contribution in [2.45, 2.75) is 37.4 Å². The van der Waals surface area contributed by atoms with E-state index >= 15 is 0 Å². The summed E-state index contributed by atoms with van der Waals surface area (Å²) in [6.07, 6.45) is 3.52. The number of rotatable bonds is 2. The second-order valence-electron chi connectivity index (χ2n) is 7.83. The zero-order valence-electron chi connectivity index (χ0n) is 15.0. The summed E-state index contributed by atoms with van der Waals surface area (Å²) < 4.78 is 1.90. The van der Waals surface area contributed by atoms with E-state index in [1.807, 2.05) is 39.8 Å². The molecule has 140 valence electrons. The Morgan fingerprint density at radius 1 is 1.04 bits per heavy atom. The van der Waals surface area contributed by atoms with Crippen LogP contribution in [-0.4, -0.2) is 39.5 Å². The van der Waals surface area contributed by atoms with Gasteiger partial charge in [-0.1, -0.05) is 12.1 Å². The Labute approximate surface area is 157 Å². The summed E-state index contributed by atoms with van der Waals surface area (Å²) in [6.45, 7) is 2.12. The summed E-state index contributed by atoms with van der Waals surface area (Å²) in [5.41, 5.74) is 8.46. The molecule has 5 rings (SSSR count). The zero-order valence-corrected chi connectivity index (χ0v) is 15.0. The second kappa shape index (κ2) is 6.58. The minimum Gasteiger partial charge on any atom is -0.340 e. The number of piperidine rings is 1. The molecule has 2 fully saturated rings. The van der Waals surface area contributed by atoms with Gasteiger partial charge in [0.2, 0.25) is 5.91 Å². The Morgan fingerprint density at radius 3 is 2.81 bits per heavy atom. The molecule has 1 amide bonds. The van der Waals surface area contributed by atoms with Crippen molar-refractivity contribution in [3.8, 4) is 0 Å². The molecule has 2 bridgehead atoms. The molecule has 4 atom stereocenters. The van der Waals surface area contributed by atoms with E-state index in [2.05, 4.69) is 15.8 Å². The molecule has 0 spiro atoms. The van der Waals surface area contributed by atoms with E-state index in [1.165, 1.54) is 0 Å². The lowest BCUT2D eigenvalue weighted by Gasteiger charge is -2.43. The number of hydrogen-bond donors (Lipinski definition) is 2. The molecule has 2 saturated heterocycles. The van der Waals surface area contributed by atoms with E-state index in [9.17, 15) is 9.59 Å². The topological polar surface area (TPSA) is 79.3 Å². The number of hydrogen-bond acceptors (Lipinski definition) is 5. The van der Waals surface area contributed by atoms with Crippen LogP contribution in [0.4, 0.5) is 0 Å². The lowest BCUT2D eigenvalue weighted by Crippen LogP contribution is -2.53. The van der Waals surface area contributed by atoms with Gasteiger partial charge in [-0.25, -0.2) is 10.9 Å². The van der Waals surface area contributed by atoms with E-state index in [4.69, 9.17) is 0 Å². The highest BCUT2D eigenvalue weighted by molar-refractivity contribution is 5.82. The Kier molecular flexibility index (Phi) is 4.06. The minimum absolute atomic E-state index is 0.0451. The van der Waals surface area contributed by atoms with Gasteiger partial charge >= 0.3 is 0 Å². The van der Waals surface area contributed by atoms with Crippen LogP contribution in [0.2, 0.25) is 0 Å². The van der Waals surface area contributed by atoms with Crippen molar-refractivity contribution in [3.63, 3.8) is 0 Å². The van der Waals surface area contributed by atoms with Crippen molar-refractivity contribution in [1.29, 1.82) is 0 Å². The fourth-order valence-electron chi connectivity index (χ4n) is 4.79. The van der Waals surface area contributed by atoms with E-state index < -0.39 is 0 Å². The average Bonchev–Trinajstić information content (AvgIpc) is 3.19. The Bertz CT molecular complexity index is 912. The molecule has 27 heavy (non-hydrogen) atoms. The van der Waals surface area contributed by atoms with Crippen LogP contribution in [0.5, 0.6) is 0 Å². The van der Waals surface area contributed by atoms with E-state index in [0.717, 1.165) is 24.4 Å². The van der Waals surface area contributed by atoms with Crippen LogP contribution in [0.15, 0.2) is 47.4 Å². The lowest BCUT2D eigenvalue weighted by molar-refractivity contribution is -0.136. The predicted octanol–water partition coefficient (Wildman–Crippen LogP) is 0.797. The Morgan fingerprint density at radius 2 is 1.96 bits per heavy atom. The number of nitrogens with zero attached hydrogens (tertiary/aromatic N) is 3. The average molecular weight is 365 g/mol. The number of carbonyl (C=O) groups is 1. The van der Waals surface area contributed by atoms with Gasteiger partial charge in [0.15, 0.2) is 0 Å². The molecule has 3 aliphatic heterocycles. The molecule has 0 saturated carbocycles. The molecule has 7 nitrogen and oxygen atoms in total. The van der Waals surface area contributed by atoms with Gasteiger partial charge in [-0.15, -0.1) is 0 Å². The lowest BCUT2D eigenvalue weighted by atomic mass is 9.83. The third-order valence-corrected chi connectivity index (χ3v) is 6.04. The molecule has 2 unspecified atom stereocenters. The summed E-state index contributed by atoms with van der Waals surface area (Å²) in [6, 6.07) is 11.1. The monoisotopic (exact) mass is 365 g/mol. The van der Waals surface area contributed by atoms with Gasteiger partial charge in [-0.05, 0) is 37.0 Å². The fraction of sp³-hybridized carbons (Fsp3) is 0.450. The molecular weight excluding hydrogens is 342 g/mol. The minimum atomic E-state index is -0.242. The first-order valence-electron chi connectivity index (χ1n) is 9.59. The van der Waals surface area contributed by atoms with Gasteiger partial charge in [0.1, 0.15) is 6.04 Å². The summed E-state index contributed by atoms with van der Waals surface area (Å²) >= 11 is 0. The number of nitrogens with one attached hydrogen (secondary N) is 2. The van der Waals surface area contributed by atoms with Crippen LogP contribution in [0, 0.1) is 5.92 Å². The molecule has 0 aromatic carbocycles. The van der Waals surface area contributed by atoms with E-state index in [1.54, 1.807) is 12.3 Å². The normalized spacial score (nSPS) is 29.4. The molecule has 0 radical (unpaired) electrons. The molecule has 2 N–H and O–H groups in total. The third kappa shape index (κ3) is 2.96. The van der Waals surface area contributed by atoms with Crippen molar-refractivity contribution in [1.82, 2.24) is 25.3 Å². The first-order chi connectivity index (χ1) is 13.2. The number of pyridine rings is 2. The molecule has 5 heterocycles. The largest absolute Gasteiger partial charge is 0.340 e. The first-order valence-corrected chi connectivity index (χ1v) is 9.59. The molecule has 3 aliphatic rings. The van der Waals surface area contributed by atoms with Gasteiger partial charge in [0.05, 0.1) is 11.7 Å². The Balaban J connectivity index is 1.31. The first kappa shape index (κ1) is 16.6. The standard InChI is InChI=1S/C20H23N5O2/c26-19-6-3-5-18-14-8-13(11-25(18)19)10-24(12-14)20(27)17-9-16(22-23-17)15-4-1-2-7-21-15/h1-7,13-14,16-17,22-23H,8-12H2/t13-,14+,16?,17?/m1/s1. The fourth-order valence-corrected chi connectivity index (χ4v) is 4.79. The number of aromatic nitrogens is 2. The number of amides is 1. The van der Waals surface area contributed by atoms with Crippen molar-refractivity contribution >= 4 is 5.91 Å². The molecule has 7 heteroatoms. The highest BCUT2D eigenvalue weighted by atomic mass is 16.2. The molecule has 0 aliphatic carbocycles. The Hall–Kier alpha value is -2.51. The van der Waals surface area contributed by atoms with Gasteiger partial charge in [0, 0.05) is 43.5 Å². The van der Waals surface area contributed by atoms with Crippen LogP contribution in [0.3, 0.4) is 0 Å². The van der Waals surface area contributed by atoms with E-state index in [-0.39, 0.29) is 29.5 Å². The van der Waals surface area contributed by atoms with Gasteiger partial charge < -0.3 is 9.47 Å². The molecule has 2 aromatic rings. The second-order valence-corrected chi connectivity index (χ2v) is 7.83. The third-order valence-electron chi connectivity index (χ3n) is 6.04. The van der Waals surface area contributed by atoms with Crippen LogP contribution in [-0.2, 0) is 11.3 Å². The number of carbonyl (C=O) groups excluding carboxylic acids is 1. The van der Waals surface area contributed by atoms with Gasteiger partial charge in [-0.2, -0.15) is 0 Å². The van der Waals surface area contributed by atoms with Crippen LogP contribution in [0.1, 0.15) is 36.2 Å². The van der Waals surface area contributed by atoms with Crippen molar-refractivity contribution in [3.05, 3.63) is 64.3 Å². The SMILES string of the molecule is O=C(C1CC(c2ccccn2)NN1)N1C[C@H]2C[C@@H](C1)c1cccc(=O)n1C2. The maximum Gasteiger partial charge on any atom is 0.250 e. The number of hydrazine groups is 1. The summed E-state index contributed by atoms with van der Waals surface area (Å²) in [5, 5.41) is 0. The number of fused-ring (bicyclic) bond motifs is 4. The smallest absolute Gasteiger partial charge is 0.250 e. The van der Waals surface area contributed by atoms with E-state index in [0.29, 0.717) is 25.4 Å².